The first-order valence-corrected chi connectivity index (χ1v) is 20.4. The summed E-state index contributed by atoms with van der Waals surface area (Å²) >= 11 is 0. The second-order valence-electron chi connectivity index (χ2n) is 17.6. The lowest BCUT2D eigenvalue weighted by Crippen LogP contribution is -2.49. The molecule has 4 aromatic rings. The van der Waals surface area contributed by atoms with Gasteiger partial charge in [0.25, 0.3) is 0 Å². The van der Waals surface area contributed by atoms with E-state index in [-0.39, 0.29) is 35.1 Å². The van der Waals surface area contributed by atoms with Crippen molar-refractivity contribution >= 4 is 45.5 Å². The van der Waals surface area contributed by atoms with Crippen LogP contribution < -0.4 is 20.4 Å². The number of allylic oxidation sites excluding steroid dienone is 1. The third-order valence-corrected chi connectivity index (χ3v) is 12.1. The van der Waals surface area contributed by atoms with Crippen LogP contribution in [-0.2, 0) is 14.3 Å². The number of carbonyl (C=O) groups is 2. The topological polar surface area (TPSA) is 119 Å². The van der Waals surface area contributed by atoms with E-state index in [9.17, 15) is 18.4 Å². The Morgan fingerprint density at radius 3 is 2.33 bits per heavy atom. The van der Waals surface area contributed by atoms with Crippen molar-refractivity contribution in [2.75, 3.05) is 60.9 Å². The van der Waals surface area contributed by atoms with Crippen molar-refractivity contribution in [1.29, 1.82) is 0 Å². The Labute approximate surface area is 333 Å². The van der Waals surface area contributed by atoms with Crippen molar-refractivity contribution in [3.63, 3.8) is 0 Å². The van der Waals surface area contributed by atoms with Crippen molar-refractivity contribution in [2.24, 2.45) is 11.8 Å². The van der Waals surface area contributed by atoms with Gasteiger partial charge in [0.15, 0.2) is 0 Å². The van der Waals surface area contributed by atoms with Gasteiger partial charge in [0.2, 0.25) is 17.8 Å². The summed E-state index contributed by atoms with van der Waals surface area (Å²) in [5.74, 6) is 0.291. The van der Waals surface area contributed by atoms with Crippen molar-refractivity contribution in [1.82, 2.24) is 25.4 Å². The van der Waals surface area contributed by atoms with Gasteiger partial charge in [0, 0.05) is 69.7 Å². The van der Waals surface area contributed by atoms with E-state index >= 15 is 0 Å². The molecule has 6 heterocycles. The Hall–Kier alpha value is -4.88. The Morgan fingerprint density at radius 1 is 0.895 bits per heavy atom. The Bertz CT molecular complexity index is 2120. The van der Waals surface area contributed by atoms with E-state index in [0.717, 1.165) is 99.7 Å². The molecule has 57 heavy (non-hydrogen) atoms. The van der Waals surface area contributed by atoms with Crippen LogP contribution in [0.15, 0.2) is 60.8 Å². The number of nitrogens with zero attached hydrogens (tertiary/aromatic N) is 5. The first-order valence-electron chi connectivity index (χ1n) is 20.4. The van der Waals surface area contributed by atoms with Gasteiger partial charge in [-0.2, -0.15) is 9.49 Å². The minimum atomic E-state index is -0.633. The summed E-state index contributed by atoms with van der Waals surface area (Å²) in [5, 5.41) is 12.4. The largest absolute Gasteiger partial charge is 0.371 e. The highest BCUT2D eigenvalue weighted by Crippen LogP contribution is 2.41. The molecule has 1 atom stereocenters. The van der Waals surface area contributed by atoms with Gasteiger partial charge in [0.1, 0.15) is 17.7 Å². The number of pyridine rings is 1. The Balaban J connectivity index is 0.873. The summed E-state index contributed by atoms with van der Waals surface area (Å²) in [6, 6.07) is 14.4. The molecule has 2 aromatic carbocycles. The lowest BCUT2D eigenvalue weighted by atomic mass is 9.79. The maximum absolute atomic E-state index is 14.7. The summed E-state index contributed by atoms with van der Waals surface area (Å²) in [6.07, 6.45) is 8.84. The summed E-state index contributed by atoms with van der Waals surface area (Å²) < 4.78 is 35.8. The summed E-state index contributed by atoms with van der Waals surface area (Å²) in [5.41, 5.74) is 4.26. The number of anilines is 3. The zero-order valence-corrected chi connectivity index (χ0v) is 33.4. The molecule has 0 saturated carbocycles. The van der Waals surface area contributed by atoms with Crippen molar-refractivity contribution < 1.29 is 23.1 Å². The highest BCUT2D eigenvalue weighted by molar-refractivity contribution is 6.01. The number of rotatable bonds is 9. The molecule has 11 nitrogen and oxygen atoms in total. The van der Waals surface area contributed by atoms with Crippen molar-refractivity contribution in [3.05, 3.63) is 83.7 Å². The fourth-order valence-electron chi connectivity index (χ4n) is 9.50. The maximum Gasteiger partial charge on any atom is 0.249 e. The van der Waals surface area contributed by atoms with E-state index in [4.69, 9.17) is 9.72 Å². The number of nitrogens with one attached hydrogen (secondary N) is 3. The lowest BCUT2D eigenvalue weighted by Gasteiger charge is -2.45. The molecule has 0 radical (unpaired) electrons. The van der Waals surface area contributed by atoms with Gasteiger partial charge in [-0.25, -0.2) is 9.37 Å². The monoisotopic (exact) mass is 780 g/mol. The zero-order chi connectivity index (χ0) is 39.9. The molecule has 2 aromatic heterocycles. The van der Waals surface area contributed by atoms with E-state index in [1.165, 1.54) is 6.07 Å². The molecule has 8 rings (SSSR count). The first-order chi connectivity index (χ1) is 27.3. The third kappa shape index (κ3) is 8.99. The second-order valence-corrected chi connectivity index (χ2v) is 17.6. The van der Waals surface area contributed by atoms with Gasteiger partial charge < -0.3 is 19.9 Å². The standard InChI is InChI=1S/C44H54F2N8O3/c1-43(2)24-29(25-44(3,4)57-43)21-33(30-5-9-36-34(22-30)41(46)51-50-36)31-6-11-39(47-26-31)54-15-13-28(14-16-54)27-52-17-19-53(20-18-52)32-7-8-35(45)38(23-32)48-37-10-12-40(55)49-42(37)56/h5-9,11,21-23,26,28-29,37,48H,10,12-20,24-25,27H2,1-4H3,(H,50,51)(H,49,55,56). The van der Waals surface area contributed by atoms with Crippen LogP contribution in [0.5, 0.6) is 0 Å². The SMILES string of the molecule is CC1(C)CC(C=C(c2ccc(N3CCC(CN4CCN(c5ccc(F)c(NC6CCC(=O)NC6=O)c5)CC4)CC3)nc2)c2ccc3n[nH]c(F)c3c2)CC(C)(C)O1. The molecule has 13 heteroatoms. The van der Waals surface area contributed by atoms with Crippen LogP contribution in [0.4, 0.5) is 26.0 Å². The molecule has 4 aliphatic heterocycles. The van der Waals surface area contributed by atoms with Gasteiger partial charge in [-0.1, -0.05) is 12.1 Å². The number of benzene rings is 2. The number of aromatic nitrogens is 3. The fraction of sp³-hybridized carbons (Fsp3) is 0.500. The minimum Gasteiger partial charge on any atom is -0.371 e. The number of aromatic amines is 1. The lowest BCUT2D eigenvalue weighted by molar-refractivity contribution is -0.166. The van der Waals surface area contributed by atoms with Crippen LogP contribution in [0.3, 0.4) is 0 Å². The van der Waals surface area contributed by atoms with Crippen LogP contribution in [0, 0.1) is 23.6 Å². The number of H-pyrrole nitrogens is 1. The molecular weight excluding hydrogens is 727 g/mol. The number of amides is 2. The second kappa shape index (κ2) is 15.8. The van der Waals surface area contributed by atoms with Gasteiger partial charge in [-0.05, 0) is 125 Å². The number of piperidine rings is 2. The summed E-state index contributed by atoms with van der Waals surface area (Å²) in [6.45, 7) is 15.1. The Kier molecular flexibility index (Phi) is 10.8. The van der Waals surface area contributed by atoms with E-state index in [1.54, 1.807) is 12.1 Å². The molecule has 1 unspecified atom stereocenters. The maximum atomic E-state index is 14.7. The number of carbonyl (C=O) groups excluding carboxylic acids is 2. The summed E-state index contributed by atoms with van der Waals surface area (Å²) in [7, 11) is 0. The number of fused-ring (bicyclic) bond motifs is 1. The van der Waals surface area contributed by atoms with Crippen LogP contribution in [0.25, 0.3) is 16.5 Å². The zero-order valence-electron chi connectivity index (χ0n) is 33.4. The molecule has 4 fully saturated rings. The van der Waals surface area contributed by atoms with E-state index < -0.39 is 23.7 Å². The fourth-order valence-corrected chi connectivity index (χ4v) is 9.50. The van der Waals surface area contributed by atoms with Crippen molar-refractivity contribution in [3.8, 4) is 0 Å². The average molecular weight is 781 g/mol. The first kappa shape index (κ1) is 39.0. The molecule has 4 aliphatic rings. The molecule has 4 saturated heterocycles. The highest BCUT2D eigenvalue weighted by atomic mass is 19.1. The number of imide groups is 1. The van der Waals surface area contributed by atoms with E-state index in [1.807, 2.05) is 24.4 Å². The molecule has 0 spiro atoms. The predicted octanol–water partition coefficient (Wildman–Crippen LogP) is 6.91. The summed E-state index contributed by atoms with van der Waals surface area (Å²) in [4.78, 5) is 35.9. The molecular formula is C44H54F2N8O3. The number of hydrogen-bond acceptors (Lipinski definition) is 9. The quantitative estimate of drug-likeness (QED) is 0.156. The van der Waals surface area contributed by atoms with Crippen LogP contribution in [0.2, 0.25) is 0 Å². The number of hydrogen-bond donors (Lipinski definition) is 3. The molecule has 3 N–H and O–H groups in total. The van der Waals surface area contributed by atoms with E-state index in [0.29, 0.717) is 23.2 Å². The van der Waals surface area contributed by atoms with Crippen LogP contribution >= 0.6 is 0 Å². The Morgan fingerprint density at radius 2 is 1.63 bits per heavy atom. The average Bonchev–Trinajstić information content (AvgIpc) is 3.55. The van der Waals surface area contributed by atoms with Gasteiger partial charge in [0.05, 0.1) is 27.8 Å². The van der Waals surface area contributed by atoms with Crippen molar-refractivity contribution in [2.45, 2.75) is 83.5 Å². The molecule has 0 bridgehead atoms. The normalized spacial score (nSPS) is 22.6. The predicted molar refractivity (Wildman–Crippen MR) is 219 cm³/mol. The number of piperazine rings is 1. The van der Waals surface area contributed by atoms with Gasteiger partial charge in [-0.15, -0.1) is 0 Å². The van der Waals surface area contributed by atoms with Gasteiger partial charge >= 0.3 is 0 Å². The third-order valence-electron chi connectivity index (χ3n) is 12.1. The number of halogens is 2. The smallest absolute Gasteiger partial charge is 0.249 e. The van der Waals surface area contributed by atoms with E-state index in [2.05, 4.69) is 81.4 Å². The van der Waals surface area contributed by atoms with Crippen LogP contribution in [-0.4, -0.2) is 95.0 Å². The minimum absolute atomic E-state index is 0.236. The highest BCUT2D eigenvalue weighted by Gasteiger charge is 2.39. The molecule has 0 aliphatic carbocycles. The van der Waals surface area contributed by atoms with Gasteiger partial charge in [-0.3, -0.25) is 24.9 Å². The molecule has 2 amide bonds. The molecule has 302 valence electrons. The number of ether oxygens (including phenoxy) is 1. The van der Waals surface area contributed by atoms with Crippen LogP contribution in [0.1, 0.15) is 77.3 Å².